The predicted octanol–water partition coefficient (Wildman–Crippen LogP) is 3.04. The van der Waals surface area contributed by atoms with Crippen molar-refractivity contribution in [2.45, 2.75) is 26.4 Å². The Balaban J connectivity index is 2.07. The van der Waals surface area contributed by atoms with Crippen molar-refractivity contribution in [1.29, 1.82) is 0 Å². The average molecular weight is 233 g/mol. The molecule has 1 heterocycles. The van der Waals surface area contributed by atoms with Crippen molar-refractivity contribution in [3.63, 3.8) is 0 Å². The van der Waals surface area contributed by atoms with Crippen LogP contribution in [0.15, 0.2) is 29.6 Å². The molecule has 0 aliphatic carbocycles. The van der Waals surface area contributed by atoms with E-state index in [4.69, 9.17) is 0 Å². The zero-order valence-electron chi connectivity index (χ0n) is 9.47. The minimum absolute atomic E-state index is 0.485. The molecular weight excluding hydrogens is 218 g/mol. The topological polar surface area (TPSA) is 33.1 Å². The van der Waals surface area contributed by atoms with E-state index in [1.54, 1.807) is 0 Å². The van der Waals surface area contributed by atoms with Gasteiger partial charge in [0.25, 0.3) is 0 Å². The van der Waals surface area contributed by atoms with Gasteiger partial charge >= 0.3 is 0 Å². The van der Waals surface area contributed by atoms with Crippen LogP contribution in [0.2, 0.25) is 0 Å². The lowest BCUT2D eigenvalue weighted by atomic mass is 10.1. The molecule has 2 nitrogen and oxygen atoms in total. The van der Waals surface area contributed by atoms with Crippen LogP contribution < -0.4 is 0 Å². The van der Waals surface area contributed by atoms with Crippen LogP contribution in [0.25, 0.3) is 0 Å². The SMILES string of the molecule is Cc1ccc(CC(O)c2nc(C)cs2)cc1. The molecule has 3 heteroatoms. The first-order valence-electron chi connectivity index (χ1n) is 5.31. The molecule has 84 valence electrons. The Morgan fingerprint density at radius 1 is 1.25 bits per heavy atom. The number of aryl methyl sites for hydroxylation is 2. The monoisotopic (exact) mass is 233 g/mol. The summed E-state index contributed by atoms with van der Waals surface area (Å²) in [5.41, 5.74) is 3.36. The van der Waals surface area contributed by atoms with Gasteiger partial charge < -0.3 is 5.11 Å². The summed E-state index contributed by atoms with van der Waals surface area (Å²) in [6, 6.07) is 8.24. The average Bonchev–Trinajstić information content (AvgIpc) is 2.68. The van der Waals surface area contributed by atoms with Crippen LogP contribution in [-0.2, 0) is 6.42 Å². The number of benzene rings is 1. The molecular formula is C13H15NOS. The number of aliphatic hydroxyl groups excluding tert-OH is 1. The summed E-state index contributed by atoms with van der Waals surface area (Å²) in [6.07, 6.45) is 0.147. The molecule has 0 saturated carbocycles. The van der Waals surface area contributed by atoms with Crippen molar-refractivity contribution in [1.82, 2.24) is 4.98 Å². The van der Waals surface area contributed by atoms with Gasteiger partial charge in [-0.1, -0.05) is 29.8 Å². The summed E-state index contributed by atoms with van der Waals surface area (Å²) in [4.78, 5) is 4.29. The van der Waals surface area contributed by atoms with Gasteiger partial charge in [0.15, 0.2) is 0 Å². The lowest BCUT2D eigenvalue weighted by molar-refractivity contribution is 0.178. The van der Waals surface area contributed by atoms with Crippen LogP contribution in [0.1, 0.15) is 27.9 Å². The Hall–Kier alpha value is -1.19. The maximum absolute atomic E-state index is 10.0. The molecule has 0 spiro atoms. The maximum Gasteiger partial charge on any atom is 0.122 e. The molecule has 0 saturated heterocycles. The third-order valence-electron chi connectivity index (χ3n) is 2.47. The second kappa shape index (κ2) is 4.76. The van der Waals surface area contributed by atoms with Crippen molar-refractivity contribution < 1.29 is 5.11 Å². The lowest BCUT2D eigenvalue weighted by Gasteiger charge is -2.07. The first kappa shape index (κ1) is 11.3. The molecule has 0 radical (unpaired) electrons. The van der Waals surface area contributed by atoms with Gasteiger partial charge in [-0.2, -0.15) is 0 Å². The number of aliphatic hydroxyl groups is 1. The van der Waals surface area contributed by atoms with E-state index < -0.39 is 6.10 Å². The molecule has 0 amide bonds. The van der Waals surface area contributed by atoms with Crippen LogP contribution in [0.5, 0.6) is 0 Å². The molecule has 0 aliphatic heterocycles. The van der Waals surface area contributed by atoms with Gasteiger partial charge in [-0.25, -0.2) is 4.98 Å². The number of aromatic nitrogens is 1. The van der Waals surface area contributed by atoms with E-state index >= 15 is 0 Å². The Kier molecular flexibility index (Phi) is 3.36. The summed E-state index contributed by atoms with van der Waals surface area (Å²) in [5, 5.41) is 12.8. The lowest BCUT2D eigenvalue weighted by Crippen LogP contribution is -2.01. The van der Waals surface area contributed by atoms with Crippen LogP contribution in [-0.4, -0.2) is 10.1 Å². The van der Waals surface area contributed by atoms with Gasteiger partial charge in [0.2, 0.25) is 0 Å². The summed E-state index contributed by atoms with van der Waals surface area (Å²) in [6.45, 7) is 4.00. The fraction of sp³-hybridized carbons (Fsp3) is 0.308. The molecule has 0 bridgehead atoms. The largest absolute Gasteiger partial charge is 0.386 e. The fourth-order valence-corrected chi connectivity index (χ4v) is 2.34. The van der Waals surface area contributed by atoms with Crippen LogP contribution in [0, 0.1) is 13.8 Å². The normalized spacial score (nSPS) is 12.7. The highest BCUT2D eigenvalue weighted by Crippen LogP contribution is 2.21. The molecule has 1 aromatic heterocycles. The fourth-order valence-electron chi connectivity index (χ4n) is 1.56. The first-order valence-corrected chi connectivity index (χ1v) is 6.19. The summed E-state index contributed by atoms with van der Waals surface area (Å²) in [7, 11) is 0. The van der Waals surface area contributed by atoms with Gasteiger partial charge in [0.1, 0.15) is 11.1 Å². The summed E-state index contributed by atoms with van der Waals surface area (Å²) < 4.78 is 0. The van der Waals surface area contributed by atoms with Gasteiger partial charge in [-0.15, -0.1) is 11.3 Å². The van der Waals surface area contributed by atoms with Crippen molar-refractivity contribution in [3.8, 4) is 0 Å². The van der Waals surface area contributed by atoms with E-state index in [2.05, 4.69) is 36.2 Å². The Labute approximate surface area is 99.6 Å². The molecule has 16 heavy (non-hydrogen) atoms. The quantitative estimate of drug-likeness (QED) is 0.884. The third kappa shape index (κ3) is 2.68. The smallest absolute Gasteiger partial charge is 0.122 e. The zero-order valence-corrected chi connectivity index (χ0v) is 10.3. The second-order valence-electron chi connectivity index (χ2n) is 4.03. The number of hydrogen-bond donors (Lipinski definition) is 1. The van der Waals surface area contributed by atoms with E-state index in [0.29, 0.717) is 6.42 Å². The van der Waals surface area contributed by atoms with Gasteiger partial charge in [0.05, 0.1) is 0 Å². The van der Waals surface area contributed by atoms with E-state index in [1.807, 2.05) is 12.3 Å². The minimum Gasteiger partial charge on any atom is -0.386 e. The van der Waals surface area contributed by atoms with Gasteiger partial charge in [0, 0.05) is 17.5 Å². The molecule has 0 fully saturated rings. The van der Waals surface area contributed by atoms with Gasteiger partial charge in [-0.05, 0) is 19.4 Å². The zero-order chi connectivity index (χ0) is 11.5. The van der Waals surface area contributed by atoms with E-state index in [0.717, 1.165) is 16.3 Å². The highest BCUT2D eigenvalue weighted by atomic mass is 32.1. The van der Waals surface area contributed by atoms with Crippen LogP contribution in [0.4, 0.5) is 0 Å². The van der Waals surface area contributed by atoms with E-state index in [1.165, 1.54) is 16.9 Å². The molecule has 2 aromatic rings. The molecule has 1 N–H and O–H groups in total. The van der Waals surface area contributed by atoms with E-state index in [-0.39, 0.29) is 0 Å². The Morgan fingerprint density at radius 3 is 2.50 bits per heavy atom. The second-order valence-corrected chi connectivity index (χ2v) is 4.92. The number of hydrogen-bond acceptors (Lipinski definition) is 3. The molecule has 1 atom stereocenters. The Morgan fingerprint density at radius 2 is 1.94 bits per heavy atom. The summed E-state index contributed by atoms with van der Waals surface area (Å²) in [5.74, 6) is 0. The standard InChI is InChI=1S/C13H15NOS/c1-9-3-5-11(6-4-9)7-12(15)13-14-10(2)8-16-13/h3-6,8,12,15H,7H2,1-2H3. The van der Waals surface area contributed by atoms with Crippen molar-refractivity contribution in [2.24, 2.45) is 0 Å². The molecule has 0 aliphatic rings. The van der Waals surface area contributed by atoms with Crippen molar-refractivity contribution in [2.75, 3.05) is 0 Å². The molecule has 1 aromatic carbocycles. The highest BCUT2D eigenvalue weighted by molar-refractivity contribution is 7.09. The van der Waals surface area contributed by atoms with Gasteiger partial charge in [-0.3, -0.25) is 0 Å². The van der Waals surface area contributed by atoms with Crippen LogP contribution in [0.3, 0.4) is 0 Å². The van der Waals surface area contributed by atoms with Crippen molar-refractivity contribution >= 4 is 11.3 Å². The summed E-state index contributed by atoms with van der Waals surface area (Å²) >= 11 is 1.52. The third-order valence-corrected chi connectivity index (χ3v) is 3.54. The number of nitrogens with zero attached hydrogens (tertiary/aromatic N) is 1. The first-order chi connectivity index (χ1) is 7.65. The minimum atomic E-state index is -0.485. The van der Waals surface area contributed by atoms with Crippen LogP contribution >= 0.6 is 11.3 Å². The van der Waals surface area contributed by atoms with E-state index in [9.17, 15) is 5.11 Å². The van der Waals surface area contributed by atoms with Crippen molar-refractivity contribution in [3.05, 3.63) is 51.5 Å². The molecule has 2 rings (SSSR count). The predicted molar refractivity (Wildman–Crippen MR) is 66.7 cm³/mol. The molecule has 1 unspecified atom stereocenters. The number of rotatable bonds is 3. The maximum atomic E-state index is 10.0. The number of thiazole rings is 1. The highest BCUT2D eigenvalue weighted by Gasteiger charge is 2.11. The Bertz CT molecular complexity index is 461.